The van der Waals surface area contributed by atoms with Crippen LogP contribution in [0.4, 0.5) is 5.69 Å². The van der Waals surface area contributed by atoms with E-state index in [4.69, 9.17) is 14.2 Å². The highest BCUT2D eigenvalue weighted by Gasteiger charge is 2.35. The maximum absolute atomic E-state index is 13.7. The summed E-state index contributed by atoms with van der Waals surface area (Å²) in [6.07, 6.45) is -0.397. The van der Waals surface area contributed by atoms with Crippen LogP contribution in [0.3, 0.4) is 0 Å². The number of fused-ring (bicyclic) bond motifs is 2. The molecule has 0 fully saturated rings. The van der Waals surface area contributed by atoms with Gasteiger partial charge in [-0.05, 0) is 55.2 Å². The molecule has 1 amide bonds. The molecule has 3 heterocycles. The number of hydrogen-bond acceptors (Lipinski definition) is 9. The lowest BCUT2D eigenvalue weighted by Gasteiger charge is -2.38. The number of anilines is 1. The first-order valence-electron chi connectivity index (χ1n) is 13.0. The third-order valence-electron chi connectivity index (χ3n) is 7.08. The van der Waals surface area contributed by atoms with Gasteiger partial charge in [0.05, 0.1) is 23.9 Å². The number of likely N-dealkylation sites (N-methyl/N-ethyl adjacent to an activating group) is 1. The average Bonchev–Trinajstić information content (AvgIpc) is 3.63. The number of thiophene rings is 1. The van der Waals surface area contributed by atoms with Gasteiger partial charge in [0, 0.05) is 25.6 Å². The van der Waals surface area contributed by atoms with Gasteiger partial charge in [-0.1, -0.05) is 25.1 Å². The summed E-state index contributed by atoms with van der Waals surface area (Å²) in [4.78, 5) is 17.4. The fourth-order valence-electron chi connectivity index (χ4n) is 4.88. The second-order valence-corrected chi connectivity index (χ2v) is 13.1. The van der Waals surface area contributed by atoms with Crippen LogP contribution in [0.15, 0.2) is 58.1 Å². The van der Waals surface area contributed by atoms with Gasteiger partial charge in [0.25, 0.3) is 15.9 Å². The van der Waals surface area contributed by atoms with E-state index >= 15 is 0 Å². The van der Waals surface area contributed by atoms with Crippen LogP contribution in [0, 0.1) is 5.92 Å². The molecule has 0 spiro atoms. The van der Waals surface area contributed by atoms with E-state index in [1.54, 1.807) is 41.5 Å². The van der Waals surface area contributed by atoms with E-state index in [9.17, 15) is 18.3 Å². The Morgan fingerprint density at radius 3 is 2.73 bits per heavy atom. The van der Waals surface area contributed by atoms with E-state index in [2.05, 4.69) is 9.62 Å². The first-order chi connectivity index (χ1) is 19.2. The Bertz CT molecular complexity index is 1460. The molecule has 3 atom stereocenters. The van der Waals surface area contributed by atoms with Crippen molar-refractivity contribution in [1.82, 2.24) is 9.80 Å². The second kappa shape index (κ2) is 11.7. The Morgan fingerprint density at radius 2 is 1.98 bits per heavy atom. The van der Waals surface area contributed by atoms with Crippen molar-refractivity contribution in [2.75, 3.05) is 38.3 Å². The van der Waals surface area contributed by atoms with Crippen LogP contribution >= 0.6 is 11.3 Å². The van der Waals surface area contributed by atoms with Crippen LogP contribution in [-0.4, -0.2) is 74.9 Å². The van der Waals surface area contributed by atoms with E-state index in [-0.39, 0.29) is 46.4 Å². The Balaban J connectivity index is 1.46. The van der Waals surface area contributed by atoms with Gasteiger partial charge in [-0.3, -0.25) is 14.4 Å². The minimum absolute atomic E-state index is 0.132. The zero-order valence-electron chi connectivity index (χ0n) is 22.6. The smallest absolute Gasteiger partial charge is 0.271 e. The van der Waals surface area contributed by atoms with Gasteiger partial charge < -0.3 is 24.2 Å². The van der Waals surface area contributed by atoms with Crippen molar-refractivity contribution >= 4 is 33.0 Å². The zero-order chi connectivity index (χ0) is 28.4. The van der Waals surface area contributed by atoms with E-state index in [0.717, 1.165) is 22.6 Å². The van der Waals surface area contributed by atoms with E-state index in [1.165, 1.54) is 6.07 Å². The van der Waals surface area contributed by atoms with Gasteiger partial charge in [0.1, 0.15) is 10.3 Å². The third-order valence-corrected chi connectivity index (χ3v) is 9.84. The highest BCUT2D eigenvalue weighted by Crippen LogP contribution is 2.37. The fraction of sp³-hybridized carbons (Fsp3) is 0.393. The summed E-state index contributed by atoms with van der Waals surface area (Å²) in [6, 6.07) is 13.4. The topological polar surface area (TPSA) is 118 Å². The summed E-state index contributed by atoms with van der Waals surface area (Å²) >= 11 is 1.10. The van der Waals surface area contributed by atoms with E-state index in [1.807, 2.05) is 32.2 Å². The van der Waals surface area contributed by atoms with Gasteiger partial charge in [-0.15, -0.1) is 11.3 Å². The number of sulfonamides is 1. The highest BCUT2D eigenvalue weighted by molar-refractivity contribution is 7.94. The van der Waals surface area contributed by atoms with Gasteiger partial charge in [0.2, 0.25) is 6.79 Å². The van der Waals surface area contributed by atoms with Crippen molar-refractivity contribution in [3.8, 4) is 17.2 Å². The number of nitrogens with one attached hydrogen (secondary N) is 1. The summed E-state index contributed by atoms with van der Waals surface area (Å²) in [5.41, 5.74) is 1.47. The number of hydrogen-bond donors (Lipinski definition) is 2. The molecule has 214 valence electrons. The van der Waals surface area contributed by atoms with Gasteiger partial charge in [0.15, 0.2) is 17.2 Å². The summed E-state index contributed by atoms with van der Waals surface area (Å²) in [5.74, 6) is 1.15. The highest BCUT2D eigenvalue weighted by atomic mass is 32.2. The Kier molecular flexibility index (Phi) is 8.22. The molecule has 0 saturated heterocycles. The first kappa shape index (κ1) is 28.2. The Hall–Kier alpha value is -3.32. The first-order valence-corrected chi connectivity index (χ1v) is 15.4. The molecule has 5 rings (SSSR count). The summed E-state index contributed by atoms with van der Waals surface area (Å²) < 4.78 is 46.4. The molecule has 40 heavy (non-hydrogen) atoms. The second-order valence-electron chi connectivity index (χ2n) is 10.2. The lowest BCUT2D eigenvalue weighted by Crippen LogP contribution is -2.49. The lowest BCUT2D eigenvalue weighted by atomic mass is 9.99. The molecule has 0 bridgehead atoms. The van der Waals surface area contributed by atoms with Crippen LogP contribution in [0.2, 0.25) is 0 Å². The maximum atomic E-state index is 13.7. The van der Waals surface area contributed by atoms with Crippen molar-refractivity contribution in [3.63, 3.8) is 0 Å². The molecule has 10 nitrogen and oxygen atoms in total. The molecule has 0 aliphatic carbocycles. The quantitative estimate of drug-likeness (QED) is 0.390. The number of amides is 1. The van der Waals surface area contributed by atoms with Crippen LogP contribution in [0.1, 0.15) is 29.8 Å². The van der Waals surface area contributed by atoms with Crippen LogP contribution in [0.25, 0.3) is 0 Å². The van der Waals surface area contributed by atoms with Crippen LogP contribution < -0.4 is 18.9 Å². The molecule has 2 aromatic carbocycles. The number of aliphatic hydroxyl groups excluding tert-OH is 1. The average molecular weight is 588 g/mol. The lowest BCUT2D eigenvalue weighted by molar-refractivity contribution is 0.0344. The fourth-order valence-corrected chi connectivity index (χ4v) is 6.93. The number of rotatable bonds is 9. The van der Waals surface area contributed by atoms with Crippen molar-refractivity contribution in [1.29, 1.82) is 0 Å². The molecule has 1 aromatic heterocycles. The van der Waals surface area contributed by atoms with Gasteiger partial charge in [-0.25, -0.2) is 8.42 Å². The Labute approximate surface area is 238 Å². The molecule has 0 unspecified atom stereocenters. The standard InChI is InChI=1S/C28H33N3O7S2/c1-18-13-31(19(2)16-32)28(33)21-6-4-7-22(29-40(34,35)26-8-5-11-39-26)27(21)38-25(18)15-30(3)14-20-9-10-23-24(12-20)37-17-36-23/h4-12,18-19,25,29,32H,13-17H2,1-3H3/t18-,19+,25-/m1/s1. The monoisotopic (exact) mass is 587 g/mol. The normalized spacial score (nSPS) is 19.5. The number of nitrogens with zero attached hydrogens (tertiary/aromatic N) is 2. The molecular formula is C28H33N3O7S2. The number of carbonyl (C=O) groups excluding carboxylic acids is 1. The summed E-state index contributed by atoms with van der Waals surface area (Å²) in [7, 11) is -1.91. The predicted octanol–water partition coefficient (Wildman–Crippen LogP) is 3.63. The molecule has 2 aliphatic rings. The maximum Gasteiger partial charge on any atom is 0.271 e. The largest absolute Gasteiger partial charge is 0.486 e. The van der Waals surface area contributed by atoms with Crippen LogP contribution in [-0.2, 0) is 16.6 Å². The number of aliphatic hydroxyl groups is 1. The van der Waals surface area contributed by atoms with Crippen molar-refractivity contribution in [2.45, 2.75) is 36.7 Å². The number of carbonyl (C=O) groups is 1. The van der Waals surface area contributed by atoms with E-state index < -0.39 is 22.2 Å². The number of para-hydroxylation sites is 1. The van der Waals surface area contributed by atoms with Crippen molar-refractivity contribution < 1.29 is 32.5 Å². The third kappa shape index (κ3) is 5.90. The molecule has 12 heteroatoms. The number of benzene rings is 2. The number of ether oxygens (including phenoxy) is 3. The predicted molar refractivity (Wildman–Crippen MR) is 152 cm³/mol. The summed E-state index contributed by atoms with van der Waals surface area (Å²) in [6.45, 7) is 5.27. The molecule has 2 N–H and O–H groups in total. The molecule has 2 aliphatic heterocycles. The summed E-state index contributed by atoms with van der Waals surface area (Å²) in [5, 5.41) is 11.6. The Morgan fingerprint density at radius 1 is 1.18 bits per heavy atom. The molecule has 0 radical (unpaired) electrons. The SMILES string of the molecule is C[C@@H]1CN([C@@H](C)CO)C(=O)c2cccc(NS(=O)(=O)c3cccs3)c2O[C@@H]1CN(C)Cc1ccc2c(c1)OCO2. The molecular weight excluding hydrogens is 554 g/mol. The van der Waals surface area contributed by atoms with Crippen LogP contribution in [0.5, 0.6) is 17.2 Å². The van der Waals surface area contributed by atoms with E-state index in [0.29, 0.717) is 25.4 Å². The van der Waals surface area contributed by atoms with Gasteiger partial charge in [-0.2, -0.15) is 0 Å². The van der Waals surface area contributed by atoms with Gasteiger partial charge >= 0.3 is 0 Å². The minimum atomic E-state index is -3.89. The minimum Gasteiger partial charge on any atom is -0.486 e. The zero-order valence-corrected chi connectivity index (χ0v) is 24.2. The van der Waals surface area contributed by atoms with Crippen molar-refractivity contribution in [3.05, 3.63) is 65.0 Å². The van der Waals surface area contributed by atoms with Crippen molar-refractivity contribution in [2.24, 2.45) is 5.92 Å². The molecule has 3 aromatic rings. The molecule has 0 saturated carbocycles.